The molecule has 6 rings (SSSR count). The van der Waals surface area contributed by atoms with E-state index < -0.39 is 23.9 Å². The third-order valence-corrected chi connectivity index (χ3v) is 7.98. The van der Waals surface area contributed by atoms with Crippen LogP contribution < -0.4 is 15.8 Å². The minimum Gasteiger partial charge on any atom is -0.486 e. The molecular formula is C30H23F2N5O4S. The Balaban J connectivity index is 1.31. The predicted molar refractivity (Wildman–Crippen MR) is 155 cm³/mol. The maximum Gasteiger partial charge on any atom is 0.291 e. The Hall–Kier alpha value is -5.10. The first-order chi connectivity index (χ1) is 20.2. The summed E-state index contributed by atoms with van der Waals surface area (Å²) >= 11 is 0.822. The summed E-state index contributed by atoms with van der Waals surface area (Å²) in [7, 11) is 1.72. The largest absolute Gasteiger partial charge is 0.486 e. The number of pyridine rings is 1. The fraction of sp³-hybridized carbons (Fsp3) is 0.133. The van der Waals surface area contributed by atoms with Crippen molar-refractivity contribution in [3.63, 3.8) is 0 Å². The number of carbonyl (C=O) groups excluding carboxylic acids is 2. The van der Waals surface area contributed by atoms with Crippen LogP contribution in [0.5, 0.6) is 5.75 Å². The number of fused-ring (bicyclic) bond motifs is 2. The first-order valence-electron chi connectivity index (χ1n) is 12.8. The summed E-state index contributed by atoms with van der Waals surface area (Å²) in [6.07, 6.45) is -1.33. The molecule has 6 aromatic rings. The van der Waals surface area contributed by atoms with Crippen LogP contribution in [-0.2, 0) is 13.7 Å². The molecule has 212 valence electrons. The zero-order valence-corrected chi connectivity index (χ0v) is 23.2. The predicted octanol–water partition coefficient (Wildman–Crippen LogP) is 6.62. The number of amides is 2. The van der Waals surface area contributed by atoms with E-state index in [9.17, 15) is 18.4 Å². The third kappa shape index (κ3) is 4.96. The molecular weight excluding hydrogens is 564 g/mol. The van der Waals surface area contributed by atoms with Crippen molar-refractivity contribution in [3.8, 4) is 16.9 Å². The summed E-state index contributed by atoms with van der Waals surface area (Å²) in [6, 6.07) is 17.9. The van der Waals surface area contributed by atoms with Crippen LogP contribution in [0.2, 0.25) is 0 Å². The van der Waals surface area contributed by atoms with Crippen LogP contribution in [0, 0.1) is 6.92 Å². The molecule has 2 amide bonds. The van der Waals surface area contributed by atoms with Gasteiger partial charge in [0.2, 0.25) is 0 Å². The zero-order chi connectivity index (χ0) is 29.5. The smallest absolute Gasteiger partial charge is 0.291 e. The number of hydrogen-bond acceptors (Lipinski definition) is 7. The van der Waals surface area contributed by atoms with Crippen LogP contribution in [0.25, 0.3) is 32.1 Å². The molecule has 0 bridgehead atoms. The number of anilines is 1. The van der Waals surface area contributed by atoms with Crippen molar-refractivity contribution in [2.24, 2.45) is 12.8 Å². The number of nitrogens with two attached hydrogens (primary N) is 1. The quantitative estimate of drug-likeness (QED) is 0.206. The van der Waals surface area contributed by atoms with E-state index in [2.05, 4.69) is 15.4 Å². The first-order valence-corrected chi connectivity index (χ1v) is 13.6. The summed E-state index contributed by atoms with van der Waals surface area (Å²) < 4.78 is 40.7. The molecule has 0 aliphatic rings. The van der Waals surface area contributed by atoms with E-state index in [1.165, 1.54) is 18.3 Å². The molecule has 9 nitrogen and oxygen atoms in total. The Morgan fingerprint density at radius 2 is 1.88 bits per heavy atom. The second-order valence-corrected chi connectivity index (χ2v) is 10.5. The Labute approximate surface area is 241 Å². The molecule has 4 aromatic heterocycles. The number of aromatic nitrogens is 3. The van der Waals surface area contributed by atoms with Gasteiger partial charge in [0.15, 0.2) is 5.76 Å². The molecule has 42 heavy (non-hydrogen) atoms. The number of alkyl halides is 2. The number of halogens is 2. The van der Waals surface area contributed by atoms with E-state index in [1.807, 2.05) is 42.5 Å². The molecule has 0 spiro atoms. The normalized spacial score (nSPS) is 11.5. The van der Waals surface area contributed by atoms with Gasteiger partial charge in [-0.1, -0.05) is 30.3 Å². The van der Waals surface area contributed by atoms with Gasteiger partial charge in [-0.25, -0.2) is 13.8 Å². The van der Waals surface area contributed by atoms with E-state index in [4.69, 9.17) is 14.9 Å². The van der Waals surface area contributed by atoms with Gasteiger partial charge >= 0.3 is 0 Å². The second-order valence-electron chi connectivity index (χ2n) is 9.53. The van der Waals surface area contributed by atoms with Crippen LogP contribution in [-0.4, -0.2) is 26.6 Å². The van der Waals surface area contributed by atoms with Crippen molar-refractivity contribution in [3.05, 3.63) is 94.6 Å². The first kappa shape index (κ1) is 27.1. The highest BCUT2D eigenvalue weighted by molar-refractivity contribution is 7.21. The highest BCUT2D eigenvalue weighted by Gasteiger charge is 2.27. The summed E-state index contributed by atoms with van der Waals surface area (Å²) in [5.41, 5.74) is 6.79. The number of primary amides is 1. The van der Waals surface area contributed by atoms with Crippen molar-refractivity contribution in [1.82, 2.24) is 14.8 Å². The number of hydrogen-bond donors (Lipinski definition) is 2. The van der Waals surface area contributed by atoms with E-state index in [-0.39, 0.29) is 27.8 Å². The summed E-state index contributed by atoms with van der Waals surface area (Å²) in [6.45, 7) is 1.85. The van der Waals surface area contributed by atoms with E-state index in [1.54, 1.807) is 24.7 Å². The van der Waals surface area contributed by atoms with Crippen LogP contribution >= 0.6 is 11.3 Å². The van der Waals surface area contributed by atoms with Crippen molar-refractivity contribution in [2.45, 2.75) is 20.0 Å². The molecule has 0 saturated heterocycles. The Morgan fingerprint density at radius 3 is 2.60 bits per heavy atom. The average molecular weight is 588 g/mol. The molecule has 12 heteroatoms. The van der Waals surface area contributed by atoms with E-state index in [0.29, 0.717) is 33.7 Å². The molecule has 0 saturated carbocycles. The number of nitrogens with zero attached hydrogens (tertiary/aromatic N) is 3. The molecule has 0 aliphatic heterocycles. The molecule has 0 aliphatic carbocycles. The number of benzene rings is 2. The maximum atomic E-state index is 13.8. The van der Waals surface area contributed by atoms with Crippen LogP contribution in [0.3, 0.4) is 0 Å². The van der Waals surface area contributed by atoms with Crippen LogP contribution in [0.15, 0.2) is 71.3 Å². The van der Waals surface area contributed by atoms with Gasteiger partial charge in [-0.2, -0.15) is 5.10 Å². The fourth-order valence-corrected chi connectivity index (χ4v) is 5.68. The third-order valence-electron chi connectivity index (χ3n) is 6.88. The number of rotatable bonds is 8. The number of ether oxygens (including phenoxy) is 1. The Morgan fingerprint density at radius 1 is 1.10 bits per heavy atom. The number of carbonyl (C=O) groups is 2. The summed E-state index contributed by atoms with van der Waals surface area (Å²) in [4.78, 5) is 29.9. The molecule has 3 N–H and O–H groups in total. The van der Waals surface area contributed by atoms with Crippen LogP contribution in [0.4, 0.5) is 14.5 Å². The second kappa shape index (κ2) is 10.7. The number of thiophene rings is 1. The number of nitrogens with one attached hydrogen (secondary N) is 1. The average Bonchev–Trinajstić information content (AvgIpc) is 3.69. The standard InChI is InChI=1S/C30H23F2N5O4S/c1-15-21(13-34-37(15)2)20-12-22(27(31)32)35-30-24(20)25(26(42-30)28(33)38)36-29(39)23-10-9-19(41-23)14-40-18-8-7-16-5-3-4-6-17(16)11-18/h3-13,27H,14H2,1-2H3,(H2,33,38)(H,36,39). The molecule has 0 unspecified atom stereocenters. The minimum atomic E-state index is -2.86. The Bertz CT molecular complexity index is 1990. The van der Waals surface area contributed by atoms with Gasteiger partial charge in [-0.3, -0.25) is 14.3 Å². The summed E-state index contributed by atoms with van der Waals surface area (Å²) in [5.74, 6) is -0.516. The zero-order valence-electron chi connectivity index (χ0n) is 22.4. The highest BCUT2D eigenvalue weighted by atomic mass is 32.1. The Kier molecular flexibility index (Phi) is 6.91. The molecule has 0 radical (unpaired) electrons. The van der Waals surface area contributed by atoms with Gasteiger partial charge in [0.05, 0.1) is 11.9 Å². The van der Waals surface area contributed by atoms with Gasteiger partial charge in [-0.15, -0.1) is 11.3 Å². The minimum absolute atomic E-state index is 0.0357. The van der Waals surface area contributed by atoms with E-state index >= 15 is 0 Å². The topological polar surface area (TPSA) is 125 Å². The van der Waals surface area contributed by atoms with Gasteiger partial charge in [0.25, 0.3) is 18.2 Å². The summed E-state index contributed by atoms with van der Waals surface area (Å²) in [5, 5.41) is 9.33. The molecule has 0 atom stereocenters. The monoisotopic (exact) mass is 587 g/mol. The van der Waals surface area contributed by atoms with Gasteiger partial charge in [0, 0.05) is 23.7 Å². The van der Waals surface area contributed by atoms with Crippen molar-refractivity contribution < 1.29 is 27.5 Å². The number of aryl methyl sites for hydroxylation is 1. The molecule has 0 fully saturated rings. The lowest BCUT2D eigenvalue weighted by Gasteiger charge is -2.10. The lowest BCUT2D eigenvalue weighted by atomic mass is 10.0. The van der Waals surface area contributed by atoms with Crippen molar-refractivity contribution in [2.75, 3.05) is 5.32 Å². The van der Waals surface area contributed by atoms with Gasteiger partial charge < -0.3 is 20.2 Å². The SMILES string of the molecule is Cc1c(-c2cc(C(F)F)nc3sc(C(N)=O)c(NC(=O)c4ccc(COc5ccc6ccccc6c5)o4)c23)cnn1C. The van der Waals surface area contributed by atoms with Gasteiger partial charge in [-0.05, 0) is 53.6 Å². The lowest BCUT2D eigenvalue weighted by molar-refractivity contribution is 0.0992. The van der Waals surface area contributed by atoms with Crippen LogP contribution in [0.1, 0.15) is 43.8 Å². The van der Waals surface area contributed by atoms with E-state index in [0.717, 1.165) is 22.1 Å². The molecule has 4 heterocycles. The van der Waals surface area contributed by atoms with Gasteiger partial charge in [0.1, 0.15) is 33.5 Å². The highest BCUT2D eigenvalue weighted by Crippen LogP contribution is 2.43. The van der Waals surface area contributed by atoms with Crippen molar-refractivity contribution >= 4 is 49.8 Å². The lowest BCUT2D eigenvalue weighted by Crippen LogP contribution is -2.16. The van der Waals surface area contributed by atoms with Crippen molar-refractivity contribution in [1.29, 1.82) is 0 Å². The fourth-order valence-electron chi connectivity index (χ4n) is 4.66. The maximum absolute atomic E-state index is 13.8. The number of furan rings is 1. The molecule has 2 aromatic carbocycles.